The lowest BCUT2D eigenvalue weighted by Crippen LogP contribution is -2.56. The highest BCUT2D eigenvalue weighted by Crippen LogP contribution is 2.25. The third-order valence-corrected chi connectivity index (χ3v) is 5.84. The van der Waals surface area contributed by atoms with Crippen LogP contribution in [0.1, 0.15) is 56.6 Å². The van der Waals surface area contributed by atoms with Gasteiger partial charge in [0.15, 0.2) is 0 Å². The van der Waals surface area contributed by atoms with Gasteiger partial charge in [-0.3, -0.25) is 9.59 Å². The lowest BCUT2D eigenvalue weighted by atomic mass is 9.90. The van der Waals surface area contributed by atoms with E-state index in [1.165, 1.54) is 0 Å². The van der Waals surface area contributed by atoms with Gasteiger partial charge in [0.25, 0.3) is 5.56 Å². The van der Waals surface area contributed by atoms with Crippen molar-refractivity contribution in [2.24, 2.45) is 5.73 Å². The largest absolute Gasteiger partial charge is 0.338 e. The van der Waals surface area contributed by atoms with E-state index in [-0.39, 0.29) is 11.5 Å². The van der Waals surface area contributed by atoms with Gasteiger partial charge >= 0.3 is 0 Å². The molecular formula is C23H29N5O2. The van der Waals surface area contributed by atoms with Crippen LogP contribution < -0.4 is 16.6 Å². The summed E-state index contributed by atoms with van der Waals surface area (Å²) in [5, 5.41) is 19.1. The molecule has 1 heterocycles. The topological polar surface area (TPSA) is 125 Å². The molecule has 1 aliphatic carbocycles. The Kier molecular flexibility index (Phi) is 7.01. The van der Waals surface area contributed by atoms with Crippen LogP contribution in [0.5, 0.6) is 0 Å². The normalized spacial score (nSPS) is 16.8. The van der Waals surface area contributed by atoms with Gasteiger partial charge in [0.1, 0.15) is 6.04 Å². The predicted octanol–water partition coefficient (Wildman–Crippen LogP) is 2.60. The van der Waals surface area contributed by atoms with E-state index in [0.717, 1.165) is 48.1 Å². The van der Waals surface area contributed by atoms with Crippen LogP contribution in [0.15, 0.2) is 35.1 Å². The number of nitrogens with zero attached hydrogens (tertiary/aromatic N) is 2. The molecule has 1 aromatic carbocycles. The number of nitrogens with one attached hydrogen (secondary N) is 2. The number of hydrogen-bond donors (Lipinski definition) is 3. The number of nitrogens with two attached hydrogens (primary N) is 1. The van der Waals surface area contributed by atoms with Crippen molar-refractivity contribution in [1.29, 1.82) is 5.26 Å². The van der Waals surface area contributed by atoms with Crippen molar-refractivity contribution in [3.05, 3.63) is 51.8 Å². The zero-order valence-electron chi connectivity index (χ0n) is 17.4. The van der Waals surface area contributed by atoms with Crippen molar-refractivity contribution >= 4 is 5.91 Å². The van der Waals surface area contributed by atoms with Crippen molar-refractivity contribution in [3.63, 3.8) is 0 Å². The number of rotatable bonds is 6. The van der Waals surface area contributed by atoms with Gasteiger partial charge in [0.05, 0.1) is 17.3 Å². The van der Waals surface area contributed by atoms with Crippen molar-refractivity contribution in [2.75, 3.05) is 0 Å². The van der Waals surface area contributed by atoms with E-state index in [1.807, 2.05) is 31.2 Å². The minimum absolute atomic E-state index is 0.217. The van der Waals surface area contributed by atoms with Gasteiger partial charge in [-0.1, -0.05) is 56.9 Å². The second kappa shape index (κ2) is 9.68. The monoisotopic (exact) mass is 407 g/mol. The zero-order valence-corrected chi connectivity index (χ0v) is 17.4. The summed E-state index contributed by atoms with van der Waals surface area (Å²) in [6.07, 6.45) is 6.53. The number of aromatic nitrogens is 2. The highest BCUT2D eigenvalue weighted by molar-refractivity contribution is 5.86. The number of benzene rings is 1. The second-order valence-electron chi connectivity index (χ2n) is 8.09. The molecule has 4 N–H and O–H groups in total. The van der Waals surface area contributed by atoms with E-state index in [2.05, 4.69) is 21.6 Å². The van der Waals surface area contributed by atoms with Crippen molar-refractivity contribution in [3.8, 4) is 17.3 Å². The first-order valence-electron chi connectivity index (χ1n) is 10.6. The first kappa shape index (κ1) is 21.7. The van der Waals surface area contributed by atoms with Crippen LogP contribution in [-0.4, -0.2) is 27.7 Å². The van der Waals surface area contributed by atoms with Crippen LogP contribution in [0.2, 0.25) is 0 Å². The van der Waals surface area contributed by atoms with E-state index in [9.17, 15) is 14.9 Å². The number of carbonyl (C=O) groups excluding carboxylic acids is 1. The van der Waals surface area contributed by atoms with Gasteiger partial charge in [-0.25, -0.2) is 5.10 Å². The fraction of sp³-hybridized carbons (Fsp3) is 0.478. The van der Waals surface area contributed by atoms with Crippen molar-refractivity contribution < 1.29 is 4.79 Å². The maximum absolute atomic E-state index is 12.7. The Balaban J connectivity index is 1.68. The van der Waals surface area contributed by atoms with Gasteiger partial charge in [-0.15, -0.1) is 0 Å². The average molecular weight is 408 g/mol. The molecule has 7 nitrogen and oxygen atoms in total. The summed E-state index contributed by atoms with van der Waals surface area (Å²) in [5.74, 6) is -0.224. The maximum atomic E-state index is 12.7. The molecule has 2 aromatic rings. The first-order valence-corrected chi connectivity index (χ1v) is 10.6. The number of aromatic amines is 1. The lowest BCUT2D eigenvalue weighted by molar-refractivity contribution is -0.127. The standard InChI is InChI=1S/C23H29N5O2/c1-2-17-14-20(29)27-28-21(17)18-9-7-16(8-10-18)13-19(15-24)26-22(30)23(25)11-5-3-4-6-12-23/h7-10,14,19H,2-6,11-13,25H2,1H3,(H,26,30)(H,27,29). The number of nitriles is 1. The summed E-state index contributed by atoms with van der Waals surface area (Å²) in [5.41, 5.74) is 8.72. The lowest BCUT2D eigenvalue weighted by Gasteiger charge is -2.28. The summed E-state index contributed by atoms with van der Waals surface area (Å²) in [4.78, 5) is 24.2. The number of aryl methyl sites for hydroxylation is 1. The fourth-order valence-electron chi connectivity index (χ4n) is 4.01. The number of H-pyrrole nitrogens is 1. The Morgan fingerprint density at radius 1 is 1.27 bits per heavy atom. The maximum Gasteiger partial charge on any atom is 0.264 e. The van der Waals surface area contributed by atoms with Crippen molar-refractivity contribution in [1.82, 2.24) is 15.5 Å². The highest BCUT2D eigenvalue weighted by atomic mass is 16.2. The molecule has 30 heavy (non-hydrogen) atoms. The Labute approximate surface area is 176 Å². The molecule has 1 aliphatic rings. The summed E-state index contributed by atoms with van der Waals surface area (Å²) in [6, 6.07) is 10.8. The second-order valence-corrected chi connectivity index (χ2v) is 8.09. The smallest absolute Gasteiger partial charge is 0.264 e. The van der Waals surface area contributed by atoms with Gasteiger partial charge in [0.2, 0.25) is 5.91 Å². The molecule has 0 aliphatic heterocycles. The van der Waals surface area contributed by atoms with Gasteiger partial charge < -0.3 is 11.1 Å². The van der Waals surface area contributed by atoms with Crippen LogP contribution in [0.3, 0.4) is 0 Å². The van der Waals surface area contributed by atoms with Gasteiger partial charge in [-0.2, -0.15) is 10.4 Å². The van der Waals surface area contributed by atoms with Crippen LogP contribution in [0, 0.1) is 11.3 Å². The number of amides is 1. The van der Waals surface area contributed by atoms with E-state index in [0.29, 0.717) is 25.7 Å². The quantitative estimate of drug-likeness (QED) is 0.635. The minimum atomic E-state index is -0.873. The van der Waals surface area contributed by atoms with E-state index < -0.39 is 11.6 Å². The summed E-state index contributed by atoms with van der Waals surface area (Å²) < 4.78 is 0. The molecule has 1 unspecified atom stereocenters. The molecule has 3 rings (SSSR count). The molecule has 1 aromatic heterocycles. The minimum Gasteiger partial charge on any atom is -0.338 e. The van der Waals surface area contributed by atoms with Crippen LogP contribution in [0.25, 0.3) is 11.3 Å². The molecule has 0 bridgehead atoms. The number of hydrogen-bond acceptors (Lipinski definition) is 5. The van der Waals surface area contributed by atoms with Crippen LogP contribution >= 0.6 is 0 Å². The molecule has 0 radical (unpaired) electrons. The van der Waals surface area contributed by atoms with E-state index >= 15 is 0 Å². The molecule has 1 fully saturated rings. The van der Waals surface area contributed by atoms with E-state index in [4.69, 9.17) is 5.73 Å². The molecule has 1 atom stereocenters. The number of carbonyl (C=O) groups is 1. The molecule has 1 saturated carbocycles. The highest BCUT2D eigenvalue weighted by Gasteiger charge is 2.35. The summed E-state index contributed by atoms with van der Waals surface area (Å²) in [6.45, 7) is 1.98. The molecule has 0 saturated heterocycles. The SMILES string of the molecule is CCc1cc(=O)[nH]nc1-c1ccc(CC(C#N)NC(=O)C2(N)CCCCCC2)cc1. The molecule has 1 amide bonds. The Bertz CT molecular complexity index is 966. The van der Waals surface area contributed by atoms with Crippen LogP contribution in [0.4, 0.5) is 0 Å². The first-order chi connectivity index (χ1) is 14.4. The van der Waals surface area contributed by atoms with Gasteiger partial charge in [0, 0.05) is 18.1 Å². The summed E-state index contributed by atoms with van der Waals surface area (Å²) >= 11 is 0. The summed E-state index contributed by atoms with van der Waals surface area (Å²) in [7, 11) is 0. The third-order valence-electron chi connectivity index (χ3n) is 5.84. The Hall–Kier alpha value is -2.98. The Morgan fingerprint density at radius 3 is 2.53 bits per heavy atom. The van der Waals surface area contributed by atoms with Crippen molar-refractivity contribution in [2.45, 2.75) is 69.9 Å². The Morgan fingerprint density at radius 2 is 1.93 bits per heavy atom. The molecule has 0 spiro atoms. The molecule has 7 heteroatoms. The molecular weight excluding hydrogens is 378 g/mol. The van der Waals surface area contributed by atoms with E-state index in [1.54, 1.807) is 6.07 Å². The average Bonchev–Trinajstić information content (AvgIpc) is 2.99. The third kappa shape index (κ3) is 5.14. The zero-order chi connectivity index (χ0) is 21.6. The molecule has 158 valence electrons. The predicted molar refractivity (Wildman–Crippen MR) is 116 cm³/mol. The van der Waals surface area contributed by atoms with Crippen LogP contribution in [-0.2, 0) is 17.6 Å². The van der Waals surface area contributed by atoms with Gasteiger partial charge in [-0.05, 0) is 30.4 Å². The fourth-order valence-corrected chi connectivity index (χ4v) is 4.01.